The number of hydrogen-bond donors (Lipinski definition) is 3. The number of aliphatic hydroxyl groups is 1. The summed E-state index contributed by atoms with van der Waals surface area (Å²) in [6, 6.07) is -1.07. The molecule has 0 aliphatic heterocycles. The molecular formula is C28H39NO8. The summed E-state index contributed by atoms with van der Waals surface area (Å²) in [6.07, 6.45) is 7.29. The number of ketones is 2. The number of aliphatic carboxylic acids is 1. The lowest BCUT2D eigenvalue weighted by Gasteiger charge is -2.58. The average Bonchev–Trinajstić information content (AvgIpc) is 3.13. The van der Waals surface area contributed by atoms with E-state index in [0.29, 0.717) is 31.1 Å². The molecule has 9 nitrogen and oxygen atoms in total. The Hall–Kier alpha value is -2.55. The Bertz CT molecular complexity index is 1040. The summed E-state index contributed by atoms with van der Waals surface area (Å²) in [5, 5.41) is 22.8. The van der Waals surface area contributed by atoms with Crippen LogP contribution in [0.15, 0.2) is 11.6 Å². The number of carboxylic acids is 1. The molecule has 0 heterocycles. The molecule has 204 valence electrons. The van der Waals surface area contributed by atoms with Crippen molar-refractivity contribution in [1.82, 2.24) is 5.32 Å². The molecule has 0 aromatic rings. The number of ether oxygens (including phenoxy) is 1. The SMILES string of the molecule is C[C@H](NC(=O)CCC(=O)OCC(=O)[C@@]1(O)CC[C@@H]2[C@@H]3CCC4=CC(=O)CC[C@@]4(C)[C@@H]3CC[C@@]21C)C(=O)O. The smallest absolute Gasteiger partial charge is 0.325 e. The third-order valence-corrected chi connectivity index (χ3v) is 10.2. The maximum Gasteiger partial charge on any atom is 0.325 e. The number of amides is 1. The van der Waals surface area contributed by atoms with Crippen LogP contribution in [0.2, 0.25) is 0 Å². The van der Waals surface area contributed by atoms with Crippen LogP contribution in [-0.4, -0.2) is 57.9 Å². The van der Waals surface area contributed by atoms with E-state index in [9.17, 15) is 29.1 Å². The second-order valence-electron chi connectivity index (χ2n) is 12.0. The van der Waals surface area contributed by atoms with E-state index >= 15 is 0 Å². The summed E-state index contributed by atoms with van der Waals surface area (Å²) in [6.45, 7) is 5.07. The van der Waals surface area contributed by atoms with E-state index in [1.54, 1.807) is 0 Å². The van der Waals surface area contributed by atoms with Crippen molar-refractivity contribution in [3.05, 3.63) is 11.6 Å². The van der Waals surface area contributed by atoms with Gasteiger partial charge in [-0.05, 0) is 81.1 Å². The number of carbonyl (C=O) groups is 5. The second-order valence-corrected chi connectivity index (χ2v) is 12.0. The van der Waals surface area contributed by atoms with E-state index in [0.717, 1.165) is 32.1 Å². The van der Waals surface area contributed by atoms with Gasteiger partial charge in [-0.15, -0.1) is 0 Å². The first-order valence-corrected chi connectivity index (χ1v) is 13.5. The predicted octanol–water partition coefficient (Wildman–Crippen LogP) is 2.73. The lowest BCUT2D eigenvalue weighted by Crippen LogP contribution is -2.58. The van der Waals surface area contributed by atoms with Crippen molar-refractivity contribution in [2.75, 3.05) is 6.61 Å². The number of Topliss-reactive ketones (excluding diaryl/α,β-unsaturated/α-hetero) is 1. The molecule has 3 fully saturated rings. The van der Waals surface area contributed by atoms with Gasteiger partial charge in [0.05, 0.1) is 6.42 Å². The Morgan fingerprint density at radius 1 is 1.05 bits per heavy atom. The molecule has 7 atom stereocenters. The van der Waals surface area contributed by atoms with Crippen LogP contribution in [0.4, 0.5) is 0 Å². The molecule has 0 saturated heterocycles. The highest BCUT2D eigenvalue weighted by atomic mass is 16.5. The summed E-state index contributed by atoms with van der Waals surface area (Å²) in [7, 11) is 0. The number of allylic oxidation sites excluding steroid dienone is 1. The molecule has 37 heavy (non-hydrogen) atoms. The zero-order chi connectivity index (χ0) is 27.2. The summed E-state index contributed by atoms with van der Waals surface area (Å²) in [5.41, 5.74) is -0.896. The third kappa shape index (κ3) is 4.75. The maximum atomic E-state index is 13.3. The van der Waals surface area contributed by atoms with Gasteiger partial charge in [0.15, 0.2) is 12.4 Å². The fourth-order valence-electron chi connectivity index (χ4n) is 7.96. The molecule has 0 unspecified atom stereocenters. The van der Waals surface area contributed by atoms with Crippen LogP contribution < -0.4 is 5.32 Å². The summed E-state index contributed by atoms with van der Waals surface area (Å²) >= 11 is 0. The van der Waals surface area contributed by atoms with Crippen molar-refractivity contribution in [3.8, 4) is 0 Å². The Balaban J connectivity index is 1.36. The summed E-state index contributed by atoms with van der Waals surface area (Å²) in [5.74, 6) is -1.80. The molecule has 9 heteroatoms. The van der Waals surface area contributed by atoms with Gasteiger partial charge in [0.2, 0.25) is 11.7 Å². The maximum absolute atomic E-state index is 13.3. The van der Waals surface area contributed by atoms with Crippen LogP contribution in [0.1, 0.15) is 85.0 Å². The average molecular weight is 518 g/mol. The van der Waals surface area contributed by atoms with E-state index in [1.165, 1.54) is 12.5 Å². The minimum atomic E-state index is -1.57. The van der Waals surface area contributed by atoms with Gasteiger partial charge in [0, 0.05) is 18.3 Å². The van der Waals surface area contributed by atoms with Crippen molar-refractivity contribution >= 4 is 29.4 Å². The van der Waals surface area contributed by atoms with Crippen molar-refractivity contribution in [3.63, 3.8) is 0 Å². The van der Waals surface area contributed by atoms with Gasteiger partial charge in [0.1, 0.15) is 11.6 Å². The molecule has 0 bridgehead atoms. The van der Waals surface area contributed by atoms with Crippen LogP contribution in [0.25, 0.3) is 0 Å². The molecule has 0 aromatic heterocycles. The van der Waals surface area contributed by atoms with Crippen molar-refractivity contribution in [2.45, 2.75) is 96.6 Å². The fourth-order valence-corrected chi connectivity index (χ4v) is 7.96. The number of esters is 1. The van der Waals surface area contributed by atoms with E-state index in [4.69, 9.17) is 9.84 Å². The molecule has 3 N–H and O–H groups in total. The lowest BCUT2D eigenvalue weighted by atomic mass is 9.46. The van der Waals surface area contributed by atoms with Crippen LogP contribution in [0, 0.1) is 28.6 Å². The summed E-state index contributed by atoms with van der Waals surface area (Å²) < 4.78 is 5.13. The van der Waals surface area contributed by atoms with Crippen molar-refractivity contribution in [1.29, 1.82) is 0 Å². The lowest BCUT2D eigenvalue weighted by molar-refractivity contribution is -0.170. The first-order valence-electron chi connectivity index (χ1n) is 13.5. The van der Waals surface area contributed by atoms with E-state index in [2.05, 4.69) is 12.2 Å². The molecule has 3 saturated carbocycles. The molecule has 4 aliphatic carbocycles. The van der Waals surface area contributed by atoms with Crippen molar-refractivity contribution < 1.29 is 38.9 Å². The molecule has 4 aliphatic rings. The first kappa shape index (κ1) is 27.5. The van der Waals surface area contributed by atoms with E-state index < -0.39 is 47.3 Å². The van der Waals surface area contributed by atoms with Gasteiger partial charge in [-0.1, -0.05) is 19.4 Å². The molecule has 0 spiro atoms. The predicted molar refractivity (Wildman–Crippen MR) is 132 cm³/mol. The van der Waals surface area contributed by atoms with E-state index in [-0.39, 0.29) is 30.0 Å². The minimum Gasteiger partial charge on any atom is -0.480 e. The van der Waals surface area contributed by atoms with E-state index in [1.807, 2.05) is 13.0 Å². The fraction of sp³-hybridized carbons (Fsp3) is 0.750. The number of fused-ring (bicyclic) bond motifs is 5. The normalized spacial score (nSPS) is 37.4. The number of rotatable bonds is 8. The van der Waals surface area contributed by atoms with Gasteiger partial charge in [-0.25, -0.2) is 0 Å². The molecule has 0 aromatic carbocycles. The van der Waals surface area contributed by atoms with Crippen LogP contribution in [0.5, 0.6) is 0 Å². The number of carbonyl (C=O) groups excluding carboxylic acids is 4. The molecular weight excluding hydrogens is 478 g/mol. The molecule has 0 radical (unpaired) electrons. The van der Waals surface area contributed by atoms with Gasteiger partial charge in [-0.3, -0.25) is 24.0 Å². The Labute approximate surface area is 217 Å². The highest BCUT2D eigenvalue weighted by Gasteiger charge is 2.66. The van der Waals surface area contributed by atoms with Crippen LogP contribution in [0.3, 0.4) is 0 Å². The second kappa shape index (κ2) is 9.97. The zero-order valence-electron chi connectivity index (χ0n) is 22.0. The van der Waals surface area contributed by atoms with Gasteiger partial charge < -0.3 is 20.3 Å². The highest BCUT2D eigenvalue weighted by Crippen LogP contribution is 2.67. The Kier molecular flexibility index (Phi) is 7.40. The first-order chi connectivity index (χ1) is 17.3. The number of nitrogens with one attached hydrogen (secondary N) is 1. The van der Waals surface area contributed by atoms with Gasteiger partial charge in [-0.2, -0.15) is 0 Å². The van der Waals surface area contributed by atoms with Gasteiger partial charge >= 0.3 is 11.9 Å². The number of hydrogen-bond acceptors (Lipinski definition) is 7. The molecule has 1 amide bonds. The zero-order valence-corrected chi connectivity index (χ0v) is 22.0. The minimum absolute atomic E-state index is 0.00690. The highest BCUT2D eigenvalue weighted by molar-refractivity contribution is 5.92. The topological polar surface area (TPSA) is 147 Å². The summed E-state index contributed by atoms with van der Waals surface area (Å²) in [4.78, 5) is 60.1. The third-order valence-electron chi connectivity index (χ3n) is 10.2. The Morgan fingerprint density at radius 3 is 2.46 bits per heavy atom. The van der Waals surface area contributed by atoms with Crippen LogP contribution >= 0.6 is 0 Å². The quantitative estimate of drug-likeness (QED) is 0.417. The van der Waals surface area contributed by atoms with Crippen molar-refractivity contribution in [2.24, 2.45) is 28.6 Å². The monoisotopic (exact) mass is 517 g/mol. The molecule has 4 rings (SSSR count). The van der Waals surface area contributed by atoms with Crippen LogP contribution in [-0.2, 0) is 28.7 Å². The Morgan fingerprint density at radius 2 is 1.76 bits per heavy atom. The number of carboxylic acid groups (broad SMARTS) is 1. The largest absolute Gasteiger partial charge is 0.480 e. The standard InChI is InChI=1S/C28H39NO8/c1-16(25(34)35)29-23(32)6-7-24(33)37-15-22(31)28(36)13-10-21-19-5-4-17-14-18(30)8-11-26(17,2)20(19)9-12-27(21,28)3/h14,16,19-21,36H,4-13,15H2,1-3H3,(H,29,32)(H,34,35)/t16-,19+,20+,21+,26+,27-,28-/m0/s1. The van der Waals surface area contributed by atoms with Gasteiger partial charge in [0.25, 0.3) is 0 Å².